The zero-order valence-corrected chi connectivity index (χ0v) is 34.9. The van der Waals surface area contributed by atoms with Crippen molar-refractivity contribution >= 4 is 10.0 Å². The van der Waals surface area contributed by atoms with Gasteiger partial charge in [-0.1, -0.05) is 170 Å². The van der Waals surface area contributed by atoms with E-state index in [1.54, 1.807) is 30.3 Å². The van der Waals surface area contributed by atoms with Crippen LogP contribution in [0.3, 0.4) is 0 Å². The van der Waals surface area contributed by atoms with Gasteiger partial charge in [-0.2, -0.15) is 0 Å². The molecule has 7 nitrogen and oxygen atoms in total. The van der Waals surface area contributed by atoms with Crippen LogP contribution in [0.25, 0.3) is 11.1 Å². The lowest BCUT2D eigenvalue weighted by molar-refractivity contribution is -0.276. The van der Waals surface area contributed by atoms with Crippen molar-refractivity contribution < 1.29 is 23.0 Å². The number of aliphatic hydroxyl groups is 1. The van der Waals surface area contributed by atoms with Crippen LogP contribution in [0.1, 0.15) is 132 Å². The van der Waals surface area contributed by atoms with Crippen molar-refractivity contribution in [3.05, 3.63) is 125 Å². The molecule has 1 heterocycles. The average molecular weight is 783 g/mol. The lowest BCUT2D eigenvalue weighted by Gasteiger charge is -2.43. The first-order valence-corrected chi connectivity index (χ1v) is 22.8. The van der Waals surface area contributed by atoms with E-state index >= 15 is 0 Å². The third kappa shape index (κ3) is 13.4. The maximum absolute atomic E-state index is 12.8. The van der Waals surface area contributed by atoms with Crippen LogP contribution in [0.5, 0.6) is 0 Å². The van der Waals surface area contributed by atoms with Crippen LogP contribution < -0.4 is 4.72 Å². The first kappa shape index (κ1) is 43.7. The molecule has 2 N–H and O–H groups in total. The fraction of sp³-hybridized carbons (Fsp3) is 0.500. The van der Waals surface area contributed by atoms with Crippen molar-refractivity contribution in [1.29, 1.82) is 0 Å². The first-order valence-electron chi connectivity index (χ1n) is 21.3. The summed E-state index contributed by atoms with van der Waals surface area (Å²) in [5.41, 5.74) is 5.87. The van der Waals surface area contributed by atoms with Crippen molar-refractivity contribution in [2.75, 3.05) is 19.6 Å². The largest absolute Gasteiger partial charge is 0.392 e. The molecule has 1 saturated heterocycles. The molecule has 304 valence electrons. The number of hydrogen-bond acceptors (Lipinski definition) is 6. The van der Waals surface area contributed by atoms with Crippen molar-refractivity contribution in [3.8, 4) is 11.1 Å². The van der Waals surface area contributed by atoms with Gasteiger partial charge in [-0.05, 0) is 71.9 Å². The Hall–Kier alpha value is -3.37. The molecule has 0 aliphatic carbocycles. The van der Waals surface area contributed by atoms with E-state index in [9.17, 15) is 13.5 Å². The normalized spacial score (nSPS) is 18.7. The van der Waals surface area contributed by atoms with Gasteiger partial charge in [0.05, 0.1) is 23.7 Å². The van der Waals surface area contributed by atoms with E-state index in [0.29, 0.717) is 0 Å². The lowest BCUT2D eigenvalue weighted by atomic mass is 9.89. The molecule has 4 atom stereocenters. The van der Waals surface area contributed by atoms with E-state index in [2.05, 4.69) is 66.8 Å². The number of aliphatic hydroxyl groups excluding tert-OH is 1. The molecule has 5 rings (SSSR count). The van der Waals surface area contributed by atoms with Crippen LogP contribution in [0.2, 0.25) is 0 Å². The molecule has 1 aliphatic rings. The third-order valence-electron chi connectivity index (χ3n) is 11.2. The van der Waals surface area contributed by atoms with Gasteiger partial charge < -0.3 is 19.5 Å². The molecular formula is C48H66N2O5S. The molecule has 1 fully saturated rings. The summed E-state index contributed by atoms with van der Waals surface area (Å²) in [6.07, 6.45) is 14.7. The molecular weight excluding hydrogens is 717 g/mol. The third-order valence-corrected chi connectivity index (χ3v) is 12.6. The number of sulfonamides is 1. The zero-order chi connectivity index (χ0) is 39.6. The second-order valence-corrected chi connectivity index (χ2v) is 17.4. The van der Waals surface area contributed by atoms with Crippen LogP contribution in [0.15, 0.2) is 108 Å². The Labute approximate surface area is 337 Å². The van der Waals surface area contributed by atoms with Crippen molar-refractivity contribution in [2.45, 2.75) is 134 Å². The highest BCUT2D eigenvalue weighted by Gasteiger charge is 2.39. The lowest BCUT2D eigenvalue weighted by Crippen LogP contribution is -2.45. The van der Waals surface area contributed by atoms with Gasteiger partial charge in [0.25, 0.3) is 0 Å². The molecule has 0 amide bonds. The van der Waals surface area contributed by atoms with Crippen LogP contribution in [0.4, 0.5) is 0 Å². The number of ether oxygens (including phenoxy) is 2. The van der Waals surface area contributed by atoms with E-state index < -0.39 is 16.3 Å². The molecule has 0 bridgehead atoms. The molecule has 0 spiro atoms. The van der Waals surface area contributed by atoms with E-state index in [0.717, 1.165) is 53.0 Å². The summed E-state index contributed by atoms with van der Waals surface area (Å²) in [6.45, 7) is 10.1. The minimum absolute atomic E-state index is 0.0140. The Balaban J connectivity index is 1.31. The molecule has 0 saturated carbocycles. The van der Waals surface area contributed by atoms with Gasteiger partial charge in [-0.3, -0.25) is 0 Å². The standard InChI is InChI=1S/C48H66N2O5S/c1-4-6-8-10-12-17-32-50(33-18-13-11-9-7-5-2)36-46-38(3)47(42-26-24-39(37-51)25-27-42)55-48(54-46)43-30-28-41(29-31-43)44-21-19-20-40(34-44)35-49-56(52,53)45-22-15-14-16-23-45/h14-16,19-31,34,38,46-49,51H,4-13,17-18,32-33,35-37H2,1-3H3/t38-,46+,47+,48+/m1/s1. The number of nitrogens with zero attached hydrogens (tertiary/aromatic N) is 1. The molecule has 0 radical (unpaired) electrons. The van der Waals surface area contributed by atoms with Gasteiger partial charge in [-0.15, -0.1) is 0 Å². The molecule has 8 heteroatoms. The van der Waals surface area contributed by atoms with E-state index in [4.69, 9.17) is 9.47 Å². The number of nitrogens with one attached hydrogen (secondary N) is 1. The maximum Gasteiger partial charge on any atom is 0.240 e. The summed E-state index contributed by atoms with van der Waals surface area (Å²) >= 11 is 0. The predicted molar refractivity (Wildman–Crippen MR) is 229 cm³/mol. The molecule has 4 aromatic carbocycles. The summed E-state index contributed by atoms with van der Waals surface area (Å²) in [5.74, 6) is 0.129. The van der Waals surface area contributed by atoms with Crippen molar-refractivity contribution in [1.82, 2.24) is 9.62 Å². The second-order valence-electron chi connectivity index (χ2n) is 15.6. The van der Waals surface area contributed by atoms with Gasteiger partial charge in [-0.25, -0.2) is 13.1 Å². The van der Waals surface area contributed by atoms with Gasteiger partial charge in [0.15, 0.2) is 6.29 Å². The van der Waals surface area contributed by atoms with Crippen LogP contribution in [0, 0.1) is 5.92 Å². The minimum Gasteiger partial charge on any atom is -0.392 e. The SMILES string of the molecule is CCCCCCCCN(CCCCCCCC)C[C@@H]1O[C@H](c2ccc(-c3cccc(CNS(=O)(=O)c4ccccc4)c3)cc2)O[C@H](c2ccc(CO)cc2)[C@@H]1C. The average Bonchev–Trinajstić information content (AvgIpc) is 3.23. The minimum atomic E-state index is -3.61. The smallest absolute Gasteiger partial charge is 0.240 e. The van der Waals surface area contributed by atoms with Gasteiger partial charge in [0.2, 0.25) is 10.0 Å². The summed E-state index contributed by atoms with van der Waals surface area (Å²) in [7, 11) is -3.61. The summed E-state index contributed by atoms with van der Waals surface area (Å²) in [4.78, 5) is 2.91. The van der Waals surface area contributed by atoms with Crippen LogP contribution in [-0.2, 0) is 32.6 Å². The Morgan fingerprint density at radius 1 is 0.643 bits per heavy atom. The highest BCUT2D eigenvalue weighted by atomic mass is 32.2. The molecule has 0 aromatic heterocycles. The highest BCUT2D eigenvalue weighted by Crippen LogP contribution is 2.42. The van der Waals surface area contributed by atoms with Crippen LogP contribution in [-0.4, -0.2) is 44.2 Å². The van der Waals surface area contributed by atoms with E-state index in [1.807, 2.05) is 36.4 Å². The molecule has 0 unspecified atom stereocenters. The number of rotatable bonds is 24. The predicted octanol–water partition coefficient (Wildman–Crippen LogP) is 11.1. The number of hydrogen-bond donors (Lipinski definition) is 2. The monoisotopic (exact) mass is 782 g/mol. The van der Waals surface area contributed by atoms with E-state index in [-0.39, 0.29) is 36.2 Å². The summed E-state index contributed by atoms with van der Waals surface area (Å²) in [5, 5.41) is 9.72. The van der Waals surface area contributed by atoms with E-state index in [1.165, 1.54) is 77.0 Å². The Bertz CT molecular complexity index is 1780. The van der Waals surface area contributed by atoms with Crippen molar-refractivity contribution in [3.63, 3.8) is 0 Å². The van der Waals surface area contributed by atoms with Crippen LogP contribution >= 0.6 is 0 Å². The van der Waals surface area contributed by atoms with Gasteiger partial charge >= 0.3 is 0 Å². The Morgan fingerprint density at radius 3 is 1.88 bits per heavy atom. The summed E-state index contributed by atoms with van der Waals surface area (Å²) in [6, 6.07) is 33.0. The number of unbranched alkanes of at least 4 members (excludes halogenated alkanes) is 10. The van der Waals surface area contributed by atoms with Crippen molar-refractivity contribution in [2.24, 2.45) is 5.92 Å². The highest BCUT2D eigenvalue weighted by molar-refractivity contribution is 7.89. The Kier molecular flexibility index (Phi) is 18.1. The first-order chi connectivity index (χ1) is 27.3. The van der Waals surface area contributed by atoms with Gasteiger partial charge in [0, 0.05) is 24.6 Å². The maximum atomic E-state index is 12.8. The zero-order valence-electron chi connectivity index (χ0n) is 34.1. The second kappa shape index (κ2) is 23.1. The fourth-order valence-corrected chi connectivity index (χ4v) is 8.70. The van der Waals surface area contributed by atoms with Gasteiger partial charge in [0.1, 0.15) is 0 Å². The topological polar surface area (TPSA) is 88.1 Å². The molecule has 56 heavy (non-hydrogen) atoms. The number of benzene rings is 4. The quantitative estimate of drug-likeness (QED) is 0.0688. The molecule has 1 aliphatic heterocycles. The molecule has 4 aromatic rings. The summed E-state index contributed by atoms with van der Waals surface area (Å²) < 4.78 is 42.1. The Morgan fingerprint density at radius 2 is 1.25 bits per heavy atom. The fourth-order valence-electron chi connectivity index (χ4n) is 7.66.